The molecule has 1 aliphatic rings. The summed E-state index contributed by atoms with van der Waals surface area (Å²) in [5.41, 5.74) is 8.94. The van der Waals surface area contributed by atoms with E-state index in [4.69, 9.17) is 45.6 Å². The van der Waals surface area contributed by atoms with Crippen molar-refractivity contribution in [2.75, 3.05) is 18.0 Å². The number of benzene rings is 2. The summed E-state index contributed by atoms with van der Waals surface area (Å²) in [6.07, 6.45) is 1.29. The van der Waals surface area contributed by atoms with E-state index in [1.54, 1.807) is 10.6 Å². The third-order valence-corrected chi connectivity index (χ3v) is 7.36. The van der Waals surface area contributed by atoms with E-state index in [2.05, 4.69) is 9.88 Å². The van der Waals surface area contributed by atoms with Gasteiger partial charge in [-0.25, -0.2) is 4.98 Å². The fourth-order valence-corrected chi connectivity index (χ4v) is 4.93. The SMILES string of the molecule is CC1(C(N)=O)CCN(c2cc(Cl)nc3c(-c4ccc(Cl)cc4)c(-c4ccccc4Cl)nn23)CC1. The quantitative estimate of drug-likeness (QED) is 0.333. The molecule has 6 nitrogen and oxygen atoms in total. The number of fused-ring (bicyclic) bond motifs is 1. The van der Waals surface area contributed by atoms with Gasteiger partial charge < -0.3 is 10.6 Å². The number of hydrogen-bond acceptors (Lipinski definition) is 4. The van der Waals surface area contributed by atoms with Crippen LogP contribution in [0.15, 0.2) is 54.6 Å². The number of nitrogens with two attached hydrogens (primary N) is 1. The van der Waals surface area contributed by atoms with Crippen LogP contribution in [-0.2, 0) is 4.79 Å². The number of amides is 1. The van der Waals surface area contributed by atoms with E-state index in [-0.39, 0.29) is 5.91 Å². The van der Waals surface area contributed by atoms with E-state index in [0.717, 1.165) is 22.5 Å². The van der Waals surface area contributed by atoms with Crippen LogP contribution < -0.4 is 10.6 Å². The molecule has 174 valence electrons. The lowest BCUT2D eigenvalue weighted by atomic mass is 9.80. The lowest BCUT2D eigenvalue weighted by molar-refractivity contribution is -0.127. The third kappa shape index (κ3) is 4.00. The number of primary amides is 1. The topological polar surface area (TPSA) is 76.5 Å². The van der Waals surface area contributed by atoms with E-state index in [1.165, 1.54) is 0 Å². The minimum Gasteiger partial charge on any atom is -0.369 e. The highest BCUT2D eigenvalue weighted by molar-refractivity contribution is 6.33. The molecule has 1 fully saturated rings. The van der Waals surface area contributed by atoms with E-state index >= 15 is 0 Å². The van der Waals surface area contributed by atoms with Crippen LogP contribution in [0.25, 0.3) is 28.0 Å². The Balaban J connectivity index is 1.71. The van der Waals surface area contributed by atoms with Gasteiger partial charge in [0.05, 0.1) is 10.6 Å². The number of hydrogen-bond donors (Lipinski definition) is 1. The summed E-state index contributed by atoms with van der Waals surface area (Å²) in [5.74, 6) is 0.533. The number of piperidine rings is 1. The predicted molar refractivity (Wildman–Crippen MR) is 138 cm³/mol. The number of carbonyl (C=O) groups excluding carboxylic acids is 1. The standard InChI is InChI=1S/C25H22Cl3N5O/c1-25(24(29)34)10-12-32(13-11-25)20-14-19(28)30-23-21(15-6-8-16(26)9-7-15)22(31-33(20)23)17-4-2-3-5-18(17)27/h2-9,14H,10-13H2,1H3,(H2,29,34). The lowest BCUT2D eigenvalue weighted by Gasteiger charge is -2.38. The van der Waals surface area contributed by atoms with Crippen LogP contribution in [0.1, 0.15) is 19.8 Å². The van der Waals surface area contributed by atoms with Crippen molar-refractivity contribution in [3.8, 4) is 22.4 Å². The van der Waals surface area contributed by atoms with Crippen molar-refractivity contribution in [1.82, 2.24) is 14.6 Å². The Hall–Kier alpha value is -2.80. The maximum absolute atomic E-state index is 11.9. The van der Waals surface area contributed by atoms with Gasteiger partial charge in [-0.05, 0) is 36.6 Å². The maximum Gasteiger partial charge on any atom is 0.223 e. The second-order valence-electron chi connectivity index (χ2n) is 8.79. The van der Waals surface area contributed by atoms with Crippen LogP contribution in [0.4, 0.5) is 5.82 Å². The molecule has 34 heavy (non-hydrogen) atoms. The van der Waals surface area contributed by atoms with Gasteiger partial charge in [0.2, 0.25) is 5.91 Å². The van der Waals surface area contributed by atoms with Crippen molar-refractivity contribution in [2.24, 2.45) is 11.1 Å². The zero-order valence-electron chi connectivity index (χ0n) is 18.4. The fraction of sp³-hybridized carbons (Fsp3) is 0.240. The number of halogens is 3. The highest BCUT2D eigenvalue weighted by Crippen LogP contribution is 2.40. The number of aromatic nitrogens is 3. The zero-order chi connectivity index (χ0) is 24.0. The van der Waals surface area contributed by atoms with Crippen molar-refractivity contribution in [1.29, 1.82) is 0 Å². The molecule has 4 aromatic rings. The summed E-state index contributed by atoms with van der Waals surface area (Å²) in [6, 6.07) is 16.9. The Morgan fingerprint density at radius 3 is 2.35 bits per heavy atom. The first-order valence-electron chi connectivity index (χ1n) is 10.9. The minimum absolute atomic E-state index is 0.268. The fourth-order valence-electron chi connectivity index (χ4n) is 4.40. The van der Waals surface area contributed by atoms with E-state index in [0.29, 0.717) is 52.5 Å². The van der Waals surface area contributed by atoms with Crippen molar-refractivity contribution < 1.29 is 4.79 Å². The first-order chi connectivity index (χ1) is 16.3. The Kier molecular flexibility index (Phi) is 5.92. The van der Waals surface area contributed by atoms with Gasteiger partial charge in [0.25, 0.3) is 0 Å². The normalized spacial score (nSPS) is 15.6. The first-order valence-corrected chi connectivity index (χ1v) is 12.1. The predicted octanol–water partition coefficient (Wildman–Crippen LogP) is 6.12. The summed E-state index contributed by atoms with van der Waals surface area (Å²) in [6.45, 7) is 3.21. The molecule has 0 radical (unpaired) electrons. The minimum atomic E-state index is -0.520. The van der Waals surface area contributed by atoms with Crippen molar-refractivity contribution >= 4 is 52.2 Å². The van der Waals surface area contributed by atoms with Crippen LogP contribution in [0, 0.1) is 5.41 Å². The Labute approximate surface area is 212 Å². The molecule has 1 saturated heterocycles. The van der Waals surface area contributed by atoms with Gasteiger partial charge in [-0.3, -0.25) is 4.79 Å². The van der Waals surface area contributed by atoms with E-state index in [1.807, 2.05) is 55.5 Å². The molecular weight excluding hydrogens is 493 g/mol. The van der Waals surface area contributed by atoms with Crippen molar-refractivity contribution in [3.63, 3.8) is 0 Å². The largest absolute Gasteiger partial charge is 0.369 e. The maximum atomic E-state index is 11.9. The highest BCUT2D eigenvalue weighted by atomic mass is 35.5. The molecular formula is C25H22Cl3N5O. The number of anilines is 1. The number of nitrogens with zero attached hydrogens (tertiary/aromatic N) is 4. The van der Waals surface area contributed by atoms with Gasteiger partial charge in [-0.1, -0.05) is 72.1 Å². The molecule has 1 amide bonds. The molecule has 0 saturated carbocycles. The monoisotopic (exact) mass is 513 g/mol. The van der Waals surface area contributed by atoms with Crippen molar-refractivity contribution in [3.05, 3.63) is 69.8 Å². The van der Waals surface area contributed by atoms with Gasteiger partial charge >= 0.3 is 0 Å². The molecule has 2 N–H and O–H groups in total. The van der Waals surface area contributed by atoms with Gasteiger partial charge in [0.15, 0.2) is 5.65 Å². The highest BCUT2D eigenvalue weighted by Gasteiger charge is 2.36. The van der Waals surface area contributed by atoms with Gasteiger partial charge in [0, 0.05) is 35.2 Å². The smallest absolute Gasteiger partial charge is 0.223 e. The molecule has 5 rings (SSSR count). The van der Waals surface area contributed by atoms with E-state index < -0.39 is 5.41 Å². The molecule has 3 heterocycles. The Bertz CT molecular complexity index is 1390. The summed E-state index contributed by atoms with van der Waals surface area (Å²) in [4.78, 5) is 18.8. The zero-order valence-corrected chi connectivity index (χ0v) is 20.7. The van der Waals surface area contributed by atoms with Crippen LogP contribution in [0.5, 0.6) is 0 Å². The summed E-state index contributed by atoms with van der Waals surface area (Å²) in [5, 5.41) is 6.55. The summed E-state index contributed by atoms with van der Waals surface area (Å²) in [7, 11) is 0. The van der Waals surface area contributed by atoms with Gasteiger partial charge in [0.1, 0.15) is 16.7 Å². The number of carbonyl (C=O) groups is 1. The second kappa shape index (κ2) is 8.77. The second-order valence-corrected chi connectivity index (χ2v) is 10.0. The molecule has 2 aromatic heterocycles. The van der Waals surface area contributed by atoms with Crippen LogP contribution in [0.2, 0.25) is 15.2 Å². The molecule has 0 aliphatic carbocycles. The summed E-state index contributed by atoms with van der Waals surface area (Å²) >= 11 is 19.3. The Morgan fingerprint density at radius 1 is 1.03 bits per heavy atom. The molecule has 0 spiro atoms. The Morgan fingerprint density at radius 2 is 1.71 bits per heavy atom. The summed E-state index contributed by atoms with van der Waals surface area (Å²) < 4.78 is 1.81. The average Bonchev–Trinajstić information content (AvgIpc) is 3.19. The number of rotatable bonds is 4. The molecule has 0 bridgehead atoms. The van der Waals surface area contributed by atoms with E-state index in [9.17, 15) is 4.79 Å². The molecule has 9 heteroatoms. The molecule has 0 unspecified atom stereocenters. The van der Waals surface area contributed by atoms with Gasteiger partial charge in [-0.2, -0.15) is 9.61 Å². The first kappa shape index (κ1) is 23.0. The average molecular weight is 515 g/mol. The van der Waals surface area contributed by atoms with Crippen molar-refractivity contribution in [2.45, 2.75) is 19.8 Å². The molecule has 2 aromatic carbocycles. The van der Waals surface area contributed by atoms with Crippen LogP contribution in [0.3, 0.4) is 0 Å². The molecule has 1 aliphatic heterocycles. The lowest BCUT2D eigenvalue weighted by Crippen LogP contribution is -2.46. The third-order valence-electron chi connectivity index (χ3n) is 6.59. The van der Waals surface area contributed by atoms with Crippen LogP contribution in [-0.4, -0.2) is 33.6 Å². The van der Waals surface area contributed by atoms with Gasteiger partial charge in [-0.15, -0.1) is 0 Å². The van der Waals surface area contributed by atoms with Crippen LogP contribution >= 0.6 is 34.8 Å². The molecule has 0 atom stereocenters.